The summed E-state index contributed by atoms with van der Waals surface area (Å²) in [6.45, 7) is 2.22. The van der Waals surface area contributed by atoms with Crippen LogP contribution in [0.15, 0.2) is 59.0 Å². The molecule has 0 aliphatic carbocycles. The van der Waals surface area contributed by atoms with Crippen molar-refractivity contribution in [2.24, 2.45) is 0 Å². The van der Waals surface area contributed by atoms with E-state index in [1.807, 2.05) is 17.0 Å². The van der Waals surface area contributed by atoms with Gasteiger partial charge in [-0.3, -0.25) is 14.9 Å². The first-order valence-electron chi connectivity index (χ1n) is 10.7. The first-order valence-corrected chi connectivity index (χ1v) is 12.1. The molecule has 11 heteroatoms. The van der Waals surface area contributed by atoms with Gasteiger partial charge in [-0.25, -0.2) is 4.98 Å². The van der Waals surface area contributed by atoms with E-state index in [0.717, 1.165) is 3.57 Å². The molecule has 35 heavy (non-hydrogen) atoms. The second kappa shape index (κ2) is 9.80. The largest absolute Gasteiger partial charge is 0.436 e. The summed E-state index contributed by atoms with van der Waals surface area (Å²) in [5, 5.41) is 14.7. The molecular weight excluding hydrogens is 587 g/mol. The van der Waals surface area contributed by atoms with Gasteiger partial charge >= 0.3 is 0 Å². The summed E-state index contributed by atoms with van der Waals surface area (Å²) in [4.78, 5) is 30.6. The number of nitro groups is 1. The van der Waals surface area contributed by atoms with Gasteiger partial charge in [0.2, 0.25) is 5.89 Å². The number of oxazole rings is 1. The smallest absolute Gasteiger partial charge is 0.270 e. The normalized spacial score (nSPS) is 13.7. The fourth-order valence-corrected chi connectivity index (χ4v) is 4.57. The zero-order valence-corrected chi connectivity index (χ0v) is 21.1. The zero-order chi connectivity index (χ0) is 24.5. The maximum Gasteiger partial charge on any atom is 0.270 e. The summed E-state index contributed by atoms with van der Waals surface area (Å²) in [7, 11) is 0. The van der Waals surface area contributed by atoms with Crippen LogP contribution in [0.4, 0.5) is 17.1 Å². The van der Waals surface area contributed by atoms with E-state index < -0.39 is 10.8 Å². The third kappa shape index (κ3) is 4.95. The van der Waals surface area contributed by atoms with E-state index in [1.54, 1.807) is 30.3 Å². The molecule has 1 aliphatic heterocycles. The number of nitrogens with zero attached hydrogens (tertiary/aromatic N) is 3. The second-order valence-electron chi connectivity index (χ2n) is 7.84. The van der Waals surface area contributed by atoms with E-state index in [1.165, 1.54) is 12.1 Å². The number of non-ortho nitro benzene ring substituents is 1. The average molecular weight is 605 g/mol. The van der Waals surface area contributed by atoms with Crippen molar-refractivity contribution in [3.63, 3.8) is 0 Å². The van der Waals surface area contributed by atoms with Gasteiger partial charge in [0.15, 0.2) is 5.58 Å². The number of halogens is 2. The van der Waals surface area contributed by atoms with Crippen LogP contribution in [0.3, 0.4) is 0 Å². The van der Waals surface area contributed by atoms with Crippen molar-refractivity contribution in [3.8, 4) is 11.5 Å². The zero-order valence-electron chi connectivity index (χ0n) is 18.2. The Labute approximate surface area is 218 Å². The maximum atomic E-state index is 13.2. The fourth-order valence-electron chi connectivity index (χ4n) is 3.88. The molecule has 0 radical (unpaired) electrons. The monoisotopic (exact) mass is 604 g/mol. The maximum absolute atomic E-state index is 13.2. The Balaban J connectivity index is 1.46. The van der Waals surface area contributed by atoms with Gasteiger partial charge in [0.05, 0.1) is 40.0 Å². The average Bonchev–Trinajstić information content (AvgIpc) is 3.29. The molecule has 2 heterocycles. The highest BCUT2D eigenvalue weighted by Crippen LogP contribution is 2.33. The third-order valence-electron chi connectivity index (χ3n) is 5.59. The molecule has 5 rings (SSSR count). The quantitative estimate of drug-likeness (QED) is 0.175. The van der Waals surface area contributed by atoms with E-state index in [2.05, 4.69) is 32.9 Å². The van der Waals surface area contributed by atoms with Crippen molar-refractivity contribution in [2.75, 3.05) is 36.5 Å². The Kier molecular flexibility index (Phi) is 6.58. The van der Waals surface area contributed by atoms with Gasteiger partial charge in [-0.1, -0.05) is 11.6 Å². The number of amides is 1. The Hall–Kier alpha value is -3.22. The number of ether oxygens (including phenoxy) is 1. The molecule has 0 atom stereocenters. The van der Waals surface area contributed by atoms with E-state index in [9.17, 15) is 14.9 Å². The first kappa shape index (κ1) is 23.5. The van der Waals surface area contributed by atoms with Crippen LogP contribution < -0.4 is 10.2 Å². The minimum absolute atomic E-state index is 0.155. The van der Waals surface area contributed by atoms with Gasteiger partial charge in [-0.15, -0.1) is 0 Å². The van der Waals surface area contributed by atoms with E-state index in [-0.39, 0.29) is 11.3 Å². The molecule has 0 unspecified atom stereocenters. The van der Waals surface area contributed by atoms with Crippen molar-refractivity contribution in [2.45, 2.75) is 0 Å². The van der Waals surface area contributed by atoms with Crippen LogP contribution >= 0.6 is 34.2 Å². The van der Waals surface area contributed by atoms with Crippen LogP contribution in [0, 0.1) is 13.7 Å². The van der Waals surface area contributed by atoms with Gasteiger partial charge < -0.3 is 19.4 Å². The molecule has 1 saturated heterocycles. The third-order valence-corrected chi connectivity index (χ3v) is 6.59. The highest BCUT2D eigenvalue weighted by Gasteiger charge is 2.22. The Morgan fingerprint density at radius 1 is 1.11 bits per heavy atom. The molecule has 4 aromatic rings. The fraction of sp³-hybridized carbons (Fsp3) is 0.167. The lowest BCUT2D eigenvalue weighted by Crippen LogP contribution is -2.37. The van der Waals surface area contributed by atoms with Crippen LogP contribution in [0.1, 0.15) is 10.4 Å². The lowest BCUT2D eigenvalue weighted by atomic mass is 10.1. The summed E-state index contributed by atoms with van der Waals surface area (Å²) in [6, 6.07) is 14.9. The standard InChI is InChI=1S/C24H18ClIN4O5/c25-19-4-1-14(26)11-17(19)24-28-20-12-15(2-6-22(20)35-24)27-23(31)18-13-16(30(32)33)3-5-21(18)29-7-9-34-10-8-29/h1-6,11-13H,7-10H2,(H,27,31). The number of morpholine rings is 1. The molecule has 1 aromatic heterocycles. The summed E-state index contributed by atoms with van der Waals surface area (Å²) in [6.07, 6.45) is 0. The summed E-state index contributed by atoms with van der Waals surface area (Å²) in [5.74, 6) is -0.0841. The lowest BCUT2D eigenvalue weighted by molar-refractivity contribution is -0.384. The number of nitro benzene ring substituents is 1. The molecule has 3 aromatic carbocycles. The number of anilines is 2. The topological polar surface area (TPSA) is 111 Å². The molecule has 0 saturated carbocycles. The second-order valence-corrected chi connectivity index (χ2v) is 9.49. The van der Waals surface area contributed by atoms with Crippen LogP contribution in [0.25, 0.3) is 22.6 Å². The van der Waals surface area contributed by atoms with Crippen LogP contribution in [0.5, 0.6) is 0 Å². The summed E-state index contributed by atoms with van der Waals surface area (Å²) in [5.41, 5.74) is 2.92. The number of benzene rings is 3. The Morgan fingerprint density at radius 3 is 2.69 bits per heavy atom. The van der Waals surface area contributed by atoms with Crippen molar-refractivity contribution >= 4 is 68.3 Å². The number of carbonyl (C=O) groups is 1. The van der Waals surface area contributed by atoms with Gasteiger partial charge in [0, 0.05) is 34.5 Å². The molecule has 178 valence electrons. The molecule has 1 N–H and O–H groups in total. The van der Waals surface area contributed by atoms with Crippen LogP contribution in [-0.2, 0) is 4.74 Å². The lowest BCUT2D eigenvalue weighted by Gasteiger charge is -2.30. The van der Waals surface area contributed by atoms with Gasteiger partial charge in [0.1, 0.15) is 5.52 Å². The van der Waals surface area contributed by atoms with Gasteiger partial charge in [-0.2, -0.15) is 0 Å². The Morgan fingerprint density at radius 2 is 1.91 bits per heavy atom. The summed E-state index contributed by atoms with van der Waals surface area (Å²) < 4.78 is 12.3. The number of rotatable bonds is 5. The number of aromatic nitrogens is 1. The van der Waals surface area contributed by atoms with Crippen molar-refractivity contribution in [3.05, 3.63) is 78.9 Å². The van der Waals surface area contributed by atoms with Crippen LogP contribution in [-0.4, -0.2) is 42.1 Å². The summed E-state index contributed by atoms with van der Waals surface area (Å²) >= 11 is 8.51. The molecular formula is C24H18ClIN4O5. The molecule has 1 amide bonds. The number of fused-ring (bicyclic) bond motifs is 1. The van der Waals surface area contributed by atoms with Gasteiger partial charge in [0.25, 0.3) is 11.6 Å². The SMILES string of the molecule is O=C(Nc1ccc2oc(-c3cc(I)ccc3Cl)nc2c1)c1cc([N+](=O)[O-])ccc1N1CCOCC1. The van der Waals surface area contributed by atoms with Crippen molar-refractivity contribution in [1.82, 2.24) is 4.98 Å². The number of carbonyl (C=O) groups excluding carboxylic acids is 1. The van der Waals surface area contributed by atoms with Crippen molar-refractivity contribution < 1.29 is 18.9 Å². The molecule has 1 aliphatic rings. The molecule has 1 fully saturated rings. The molecule has 0 bridgehead atoms. The Bertz CT molecular complexity index is 1450. The van der Waals surface area contributed by atoms with E-state index >= 15 is 0 Å². The number of hydrogen-bond acceptors (Lipinski definition) is 7. The minimum atomic E-state index is -0.515. The van der Waals surface area contributed by atoms with E-state index in [0.29, 0.717) is 65.3 Å². The number of nitrogens with one attached hydrogen (secondary N) is 1. The highest BCUT2D eigenvalue weighted by molar-refractivity contribution is 14.1. The van der Waals surface area contributed by atoms with Crippen LogP contribution in [0.2, 0.25) is 5.02 Å². The molecule has 0 spiro atoms. The molecule has 9 nitrogen and oxygen atoms in total. The first-order chi connectivity index (χ1) is 16.9. The minimum Gasteiger partial charge on any atom is -0.436 e. The van der Waals surface area contributed by atoms with Crippen molar-refractivity contribution in [1.29, 1.82) is 0 Å². The predicted octanol–water partition coefficient (Wildman–Crippen LogP) is 5.75. The van der Waals surface area contributed by atoms with E-state index in [4.69, 9.17) is 20.8 Å². The predicted molar refractivity (Wildman–Crippen MR) is 141 cm³/mol. The van der Waals surface area contributed by atoms with Gasteiger partial charge in [-0.05, 0) is 65.1 Å². The highest BCUT2D eigenvalue weighted by atomic mass is 127. The number of hydrogen-bond donors (Lipinski definition) is 1.